The molecule has 0 aromatic rings. The maximum atomic E-state index is 15.2. The van der Waals surface area contributed by atoms with Gasteiger partial charge >= 0.3 is 6.18 Å². The van der Waals surface area contributed by atoms with E-state index in [0.717, 1.165) is 128 Å². The molecule has 0 spiro atoms. The Morgan fingerprint density at radius 3 is 1.24 bits per heavy atom. The molecule has 3 aliphatic carbocycles. The fourth-order valence-corrected chi connectivity index (χ4v) is 7.18. The monoisotopic (exact) mass is 546 g/mol. The number of alkyl halides is 3. The van der Waals surface area contributed by atoms with Crippen LogP contribution in [-0.2, 0) is 14.2 Å². The molecule has 3 rings (SSSR count). The van der Waals surface area contributed by atoms with E-state index >= 15 is 13.2 Å². The summed E-state index contributed by atoms with van der Waals surface area (Å²) in [6.07, 6.45) is 14.7. The lowest BCUT2D eigenvalue weighted by atomic mass is 9.83. The highest BCUT2D eigenvalue weighted by Gasteiger charge is 2.62. The SMILES string of the molecule is CCCCCCCCC(C(F)(F)F)C(OC1(C)CCCCC1)(OC1(C)CCCCC1)OC1(C)CCCCC1. The summed E-state index contributed by atoms with van der Waals surface area (Å²) in [6.45, 7) is 8.15. The van der Waals surface area contributed by atoms with E-state index in [4.69, 9.17) is 14.2 Å². The van der Waals surface area contributed by atoms with Crippen molar-refractivity contribution < 1.29 is 27.4 Å². The van der Waals surface area contributed by atoms with Crippen LogP contribution in [0.1, 0.15) is 169 Å². The zero-order valence-electron chi connectivity index (χ0n) is 25.0. The number of rotatable bonds is 14. The fourth-order valence-electron chi connectivity index (χ4n) is 7.18. The van der Waals surface area contributed by atoms with Crippen LogP contribution in [0.25, 0.3) is 0 Å². The molecule has 3 aliphatic rings. The molecule has 0 saturated heterocycles. The largest absolute Gasteiger partial charge is 0.399 e. The minimum atomic E-state index is -4.48. The van der Waals surface area contributed by atoms with Crippen molar-refractivity contribution in [3.05, 3.63) is 0 Å². The molecule has 3 fully saturated rings. The van der Waals surface area contributed by atoms with E-state index in [0.29, 0.717) is 6.42 Å². The molecule has 0 aromatic heterocycles. The van der Waals surface area contributed by atoms with Crippen LogP contribution < -0.4 is 0 Å². The van der Waals surface area contributed by atoms with Crippen LogP contribution in [0.3, 0.4) is 0 Å². The summed E-state index contributed by atoms with van der Waals surface area (Å²) in [5.74, 6) is -3.93. The molecule has 6 heteroatoms. The lowest BCUT2D eigenvalue weighted by molar-refractivity contribution is -0.500. The first-order chi connectivity index (χ1) is 17.9. The van der Waals surface area contributed by atoms with E-state index in [-0.39, 0.29) is 6.42 Å². The van der Waals surface area contributed by atoms with Gasteiger partial charge in [0.25, 0.3) is 5.97 Å². The number of halogens is 3. The van der Waals surface area contributed by atoms with Crippen LogP contribution in [0.4, 0.5) is 13.2 Å². The highest BCUT2D eigenvalue weighted by Crippen LogP contribution is 2.52. The number of ether oxygens (including phenoxy) is 3. The van der Waals surface area contributed by atoms with Gasteiger partial charge in [-0.15, -0.1) is 0 Å². The molecule has 0 aliphatic heterocycles. The summed E-state index contributed by atoms with van der Waals surface area (Å²) in [4.78, 5) is 0. The quantitative estimate of drug-likeness (QED) is 0.160. The lowest BCUT2D eigenvalue weighted by Gasteiger charge is -2.54. The third-order valence-electron chi connectivity index (χ3n) is 9.57. The lowest BCUT2D eigenvalue weighted by Crippen LogP contribution is -2.62. The molecule has 0 heterocycles. The molecular weight excluding hydrogens is 489 g/mol. The first-order valence-corrected chi connectivity index (χ1v) is 16.1. The van der Waals surface area contributed by atoms with Crippen molar-refractivity contribution in [2.24, 2.45) is 5.92 Å². The maximum Gasteiger partial charge on any atom is 0.399 e. The minimum absolute atomic E-state index is 0.0160. The van der Waals surface area contributed by atoms with Gasteiger partial charge < -0.3 is 14.2 Å². The molecule has 1 atom stereocenters. The van der Waals surface area contributed by atoms with Crippen molar-refractivity contribution in [3.8, 4) is 0 Å². The first kappa shape index (κ1) is 32.2. The molecule has 3 nitrogen and oxygen atoms in total. The molecule has 0 radical (unpaired) electrons. The van der Waals surface area contributed by atoms with Gasteiger partial charge in [-0.05, 0) is 65.7 Å². The Balaban J connectivity index is 2.00. The summed E-state index contributed by atoms with van der Waals surface area (Å²) < 4.78 is 66.2. The molecule has 0 N–H and O–H groups in total. The van der Waals surface area contributed by atoms with E-state index < -0.39 is 34.9 Å². The van der Waals surface area contributed by atoms with Crippen LogP contribution in [0, 0.1) is 5.92 Å². The standard InChI is InChI=1S/C32H57F3O3/c1-5-6-7-8-9-13-20-27(31(33,34)35)32(36-28(2)21-14-10-15-22-28,37-29(3)23-16-11-17-24-29)38-30(4)25-18-12-19-26-30/h27H,5-26H2,1-4H3. The van der Waals surface area contributed by atoms with E-state index in [1.807, 2.05) is 20.8 Å². The Labute approximate surface area is 231 Å². The number of unbranched alkanes of at least 4 members (excludes halogenated alkanes) is 5. The van der Waals surface area contributed by atoms with Gasteiger partial charge in [0.2, 0.25) is 0 Å². The Hall–Kier alpha value is -0.330. The summed E-state index contributed by atoms with van der Waals surface area (Å²) in [5.41, 5.74) is -2.04. The molecule has 1 unspecified atom stereocenters. The second kappa shape index (κ2) is 14.0. The molecule has 3 saturated carbocycles. The van der Waals surface area contributed by atoms with Crippen LogP contribution in [0.15, 0.2) is 0 Å². The maximum absolute atomic E-state index is 15.2. The summed E-state index contributed by atoms with van der Waals surface area (Å²) in [7, 11) is 0. The van der Waals surface area contributed by atoms with Crippen LogP contribution in [-0.4, -0.2) is 29.0 Å². The van der Waals surface area contributed by atoms with Crippen LogP contribution >= 0.6 is 0 Å². The van der Waals surface area contributed by atoms with Crippen molar-refractivity contribution in [3.63, 3.8) is 0 Å². The zero-order chi connectivity index (χ0) is 27.8. The van der Waals surface area contributed by atoms with Gasteiger partial charge in [-0.3, -0.25) is 0 Å². The van der Waals surface area contributed by atoms with Crippen LogP contribution in [0.2, 0.25) is 0 Å². The third kappa shape index (κ3) is 9.36. The number of hydrogen-bond donors (Lipinski definition) is 0. The number of hydrogen-bond acceptors (Lipinski definition) is 3. The Morgan fingerprint density at radius 2 is 0.895 bits per heavy atom. The van der Waals surface area contributed by atoms with Gasteiger partial charge in [-0.1, -0.05) is 103 Å². The Kier molecular flexibility index (Phi) is 11.9. The van der Waals surface area contributed by atoms with Gasteiger partial charge in [-0.2, -0.15) is 13.2 Å². The van der Waals surface area contributed by atoms with Crippen molar-refractivity contribution in [1.29, 1.82) is 0 Å². The van der Waals surface area contributed by atoms with E-state index in [1.54, 1.807) is 0 Å². The normalized spacial score (nSPS) is 24.7. The van der Waals surface area contributed by atoms with E-state index in [2.05, 4.69) is 6.92 Å². The molecule has 38 heavy (non-hydrogen) atoms. The van der Waals surface area contributed by atoms with Gasteiger partial charge in [-0.25, -0.2) is 0 Å². The topological polar surface area (TPSA) is 27.7 Å². The summed E-state index contributed by atoms with van der Waals surface area (Å²) in [5, 5.41) is 0. The molecule has 224 valence electrons. The Bertz CT molecular complexity index is 609. The summed E-state index contributed by atoms with van der Waals surface area (Å²) in [6, 6.07) is 0. The fraction of sp³-hybridized carbons (Fsp3) is 1.00. The second-order valence-corrected chi connectivity index (χ2v) is 13.6. The third-order valence-corrected chi connectivity index (χ3v) is 9.57. The van der Waals surface area contributed by atoms with Gasteiger partial charge in [0.05, 0.1) is 16.8 Å². The van der Waals surface area contributed by atoms with E-state index in [1.165, 1.54) is 0 Å². The van der Waals surface area contributed by atoms with Gasteiger partial charge in [0, 0.05) is 0 Å². The highest BCUT2D eigenvalue weighted by molar-refractivity contribution is 4.93. The molecule has 0 bridgehead atoms. The predicted octanol–water partition coefficient (Wildman–Crippen LogP) is 10.8. The molecule has 0 aromatic carbocycles. The van der Waals surface area contributed by atoms with E-state index in [9.17, 15) is 0 Å². The molecular formula is C32H57F3O3. The molecule has 0 amide bonds. The zero-order valence-corrected chi connectivity index (χ0v) is 25.0. The highest BCUT2D eigenvalue weighted by atomic mass is 19.4. The Morgan fingerprint density at radius 1 is 0.553 bits per heavy atom. The van der Waals surface area contributed by atoms with Crippen molar-refractivity contribution >= 4 is 0 Å². The average molecular weight is 547 g/mol. The van der Waals surface area contributed by atoms with Gasteiger partial charge in [0.1, 0.15) is 5.92 Å². The first-order valence-electron chi connectivity index (χ1n) is 16.1. The van der Waals surface area contributed by atoms with Crippen molar-refractivity contribution in [2.75, 3.05) is 0 Å². The van der Waals surface area contributed by atoms with Crippen LogP contribution in [0.5, 0.6) is 0 Å². The smallest absolute Gasteiger partial charge is 0.321 e. The van der Waals surface area contributed by atoms with Crippen molar-refractivity contribution in [2.45, 2.75) is 198 Å². The van der Waals surface area contributed by atoms with Gasteiger partial charge in [0.15, 0.2) is 0 Å². The van der Waals surface area contributed by atoms with Crippen molar-refractivity contribution in [1.82, 2.24) is 0 Å². The predicted molar refractivity (Wildman–Crippen MR) is 148 cm³/mol. The average Bonchev–Trinajstić information content (AvgIpc) is 2.83. The minimum Gasteiger partial charge on any atom is -0.321 e. The second-order valence-electron chi connectivity index (χ2n) is 13.6. The summed E-state index contributed by atoms with van der Waals surface area (Å²) >= 11 is 0.